The molecule has 0 spiro atoms. The van der Waals surface area contributed by atoms with Gasteiger partial charge in [0.05, 0.1) is 25.9 Å². The van der Waals surface area contributed by atoms with Crippen LogP contribution in [0.2, 0.25) is 0 Å². The van der Waals surface area contributed by atoms with Gasteiger partial charge in [0.2, 0.25) is 0 Å². The Morgan fingerprint density at radius 3 is 2.62 bits per heavy atom. The summed E-state index contributed by atoms with van der Waals surface area (Å²) in [6.07, 6.45) is 1.96. The molecule has 1 saturated heterocycles. The van der Waals surface area contributed by atoms with Crippen molar-refractivity contribution >= 4 is 11.9 Å². The van der Waals surface area contributed by atoms with E-state index < -0.39 is 5.97 Å². The van der Waals surface area contributed by atoms with E-state index in [0.717, 1.165) is 45.7 Å². The number of aromatic amines is 1. The van der Waals surface area contributed by atoms with Crippen molar-refractivity contribution in [1.82, 2.24) is 15.2 Å². The fourth-order valence-electron chi connectivity index (χ4n) is 2.96. The van der Waals surface area contributed by atoms with Gasteiger partial charge in [-0.2, -0.15) is 0 Å². The normalized spacial score (nSPS) is 15.3. The minimum Gasteiger partial charge on any atom is -0.465 e. The molecule has 0 radical (unpaired) electrons. The summed E-state index contributed by atoms with van der Waals surface area (Å²) in [5.74, 6) is -0.608. The highest BCUT2D eigenvalue weighted by Crippen LogP contribution is 2.18. The van der Waals surface area contributed by atoms with E-state index in [1.165, 1.54) is 7.11 Å². The van der Waals surface area contributed by atoms with Crippen LogP contribution in [0.15, 0.2) is 0 Å². The Morgan fingerprint density at radius 1 is 1.25 bits per heavy atom. The average molecular weight is 337 g/mol. The number of ether oxygens (including phenoxy) is 2. The Labute approximate surface area is 142 Å². The first-order chi connectivity index (χ1) is 11.5. The van der Waals surface area contributed by atoms with E-state index in [4.69, 9.17) is 9.47 Å². The predicted octanol–water partition coefficient (Wildman–Crippen LogP) is 1.26. The van der Waals surface area contributed by atoms with E-state index in [9.17, 15) is 9.59 Å². The number of aryl methyl sites for hydroxylation is 1. The van der Waals surface area contributed by atoms with E-state index in [-0.39, 0.29) is 5.91 Å². The number of hydrogen-bond donors (Lipinski definition) is 2. The maximum Gasteiger partial charge on any atom is 0.339 e. The van der Waals surface area contributed by atoms with Crippen LogP contribution in [0.1, 0.15) is 44.9 Å². The summed E-state index contributed by atoms with van der Waals surface area (Å²) in [6.45, 7) is 8.77. The number of unbranched alkanes of at least 4 members (excludes halogenated alkanes) is 1. The van der Waals surface area contributed by atoms with Crippen LogP contribution in [0.5, 0.6) is 0 Å². The molecule has 134 valence electrons. The van der Waals surface area contributed by atoms with Crippen LogP contribution < -0.4 is 5.32 Å². The van der Waals surface area contributed by atoms with Crippen molar-refractivity contribution < 1.29 is 19.1 Å². The Kier molecular flexibility index (Phi) is 6.81. The Bertz CT molecular complexity index is 577. The molecule has 7 heteroatoms. The molecule has 0 atom stereocenters. The number of amides is 1. The number of esters is 1. The highest BCUT2D eigenvalue weighted by molar-refractivity contribution is 6.00. The molecule has 1 aliphatic heterocycles. The van der Waals surface area contributed by atoms with Crippen molar-refractivity contribution in [2.75, 3.05) is 46.5 Å². The maximum atomic E-state index is 12.3. The van der Waals surface area contributed by atoms with Crippen LogP contribution >= 0.6 is 0 Å². The number of carbonyl (C=O) groups is 2. The number of hydrogen-bond acceptors (Lipinski definition) is 5. The molecule has 24 heavy (non-hydrogen) atoms. The van der Waals surface area contributed by atoms with Crippen molar-refractivity contribution in [3.8, 4) is 0 Å². The molecule has 1 fully saturated rings. The highest BCUT2D eigenvalue weighted by Gasteiger charge is 2.22. The molecular weight excluding hydrogens is 310 g/mol. The molecule has 2 rings (SSSR count). The highest BCUT2D eigenvalue weighted by atomic mass is 16.5. The molecule has 2 heterocycles. The van der Waals surface area contributed by atoms with Crippen LogP contribution in [0.3, 0.4) is 0 Å². The SMILES string of the molecule is COC(=O)c1c(C)[nH]c(C(=O)NCCCCN2CCOCC2)c1C. The molecule has 0 bridgehead atoms. The van der Waals surface area contributed by atoms with Crippen molar-refractivity contribution in [3.63, 3.8) is 0 Å². The number of H-pyrrole nitrogens is 1. The summed E-state index contributed by atoms with van der Waals surface area (Å²) in [7, 11) is 1.34. The predicted molar refractivity (Wildman–Crippen MR) is 90.4 cm³/mol. The second kappa shape index (κ2) is 8.84. The number of morpholine rings is 1. The fourth-order valence-corrected chi connectivity index (χ4v) is 2.96. The quantitative estimate of drug-likeness (QED) is 0.578. The van der Waals surface area contributed by atoms with Crippen LogP contribution in [-0.2, 0) is 9.47 Å². The van der Waals surface area contributed by atoms with Gasteiger partial charge in [-0.3, -0.25) is 9.69 Å². The molecule has 7 nitrogen and oxygen atoms in total. The maximum absolute atomic E-state index is 12.3. The summed E-state index contributed by atoms with van der Waals surface area (Å²) in [5.41, 5.74) is 2.15. The van der Waals surface area contributed by atoms with Gasteiger partial charge in [-0.05, 0) is 38.8 Å². The van der Waals surface area contributed by atoms with Gasteiger partial charge in [0.25, 0.3) is 5.91 Å². The zero-order valence-electron chi connectivity index (χ0n) is 14.7. The zero-order valence-corrected chi connectivity index (χ0v) is 14.7. The minimum atomic E-state index is -0.425. The molecule has 1 aromatic heterocycles. The molecule has 0 aromatic carbocycles. The average Bonchev–Trinajstić information content (AvgIpc) is 2.89. The van der Waals surface area contributed by atoms with Gasteiger partial charge < -0.3 is 19.8 Å². The number of nitrogens with zero attached hydrogens (tertiary/aromatic N) is 1. The zero-order chi connectivity index (χ0) is 17.5. The Hall–Kier alpha value is -1.86. The fraction of sp³-hybridized carbons (Fsp3) is 0.647. The lowest BCUT2D eigenvalue weighted by atomic mass is 10.1. The molecule has 1 aliphatic rings. The topological polar surface area (TPSA) is 83.7 Å². The van der Waals surface area contributed by atoms with Gasteiger partial charge in [0.15, 0.2) is 0 Å². The third-order valence-corrected chi connectivity index (χ3v) is 4.34. The summed E-state index contributed by atoms with van der Waals surface area (Å²) in [5, 5.41) is 2.91. The van der Waals surface area contributed by atoms with Crippen molar-refractivity contribution in [2.45, 2.75) is 26.7 Å². The van der Waals surface area contributed by atoms with Crippen LogP contribution in [0.25, 0.3) is 0 Å². The summed E-state index contributed by atoms with van der Waals surface area (Å²) in [4.78, 5) is 29.4. The standard InChI is InChI=1S/C17H27N3O4/c1-12-14(17(22)23-3)13(2)19-15(12)16(21)18-6-4-5-7-20-8-10-24-11-9-20/h19H,4-11H2,1-3H3,(H,18,21). The van der Waals surface area contributed by atoms with Gasteiger partial charge >= 0.3 is 5.97 Å². The lowest BCUT2D eigenvalue weighted by Crippen LogP contribution is -2.37. The summed E-state index contributed by atoms with van der Waals surface area (Å²) in [6, 6.07) is 0. The number of aromatic nitrogens is 1. The second-order valence-electron chi connectivity index (χ2n) is 6.03. The van der Waals surface area contributed by atoms with Gasteiger partial charge in [0.1, 0.15) is 5.69 Å². The van der Waals surface area contributed by atoms with E-state index in [1.54, 1.807) is 13.8 Å². The molecular formula is C17H27N3O4. The molecule has 0 saturated carbocycles. The molecule has 0 unspecified atom stereocenters. The third kappa shape index (κ3) is 4.58. The van der Waals surface area contributed by atoms with E-state index >= 15 is 0 Å². The number of nitrogens with one attached hydrogen (secondary N) is 2. The molecule has 2 N–H and O–H groups in total. The molecule has 0 aliphatic carbocycles. The largest absolute Gasteiger partial charge is 0.465 e. The van der Waals surface area contributed by atoms with Crippen molar-refractivity contribution in [1.29, 1.82) is 0 Å². The summed E-state index contributed by atoms with van der Waals surface area (Å²) >= 11 is 0. The van der Waals surface area contributed by atoms with Gasteiger partial charge in [-0.25, -0.2) is 4.79 Å². The lowest BCUT2D eigenvalue weighted by molar-refractivity contribution is 0.0372. The minimum absolute atomic E-state index is 0.183. The first-order valence-electron chi connectivity index (χ1n) is 8.40. The van der Waals surface area contributed by atoms with Crippen LogP contribution in [0.4, 0.5) is 0 Å². The first kappa shape index (κ1) is 18.5. The number of methoxy groups -OCH3 is 1. The number of rotatable bonds is 7. The van der Waals surface area contributed by atoms with E-state index in [2.05, 4.69) is 15.2 Å². The van der Waals surface area contributed by atoms with E-state index in [0.29, 0.717) is 29.1 Å². The second-order valence-corrected chi connectivity index (χ2v) is 6.03. The van der Waals surface area contributed by atoms with Gasteiger partial charge in [-0.1, -0.05) is 0 Å². The van der Waals surface area contributed by atoms with Crippen LogP contribution in [0, 0.1) is 13.8 Å². The first-order valence-corrected chi connectivity index (χ1v) is 8.40. The third-order valence-electron chi connectivity index (χ3n) is 4.34. The smallest absolute Gasteiger partial charge is 0.339 e. The van der Waals surface area contributed by atoms with Gasteiger partial charge in [-0.15, -0.1) is 0 Å². The van der Waals surface area contributed by atoms with Crippen molar-refractivity contribution in [2.24, 2.45) is 0 Å². The monoisotopic (exact) mass is 337 g/mol. The Morgan fingerprint density at radius 2 is 1.96 bits per heavy atom. The number of carbonyl (C=O) groups excluding carboxylic acids is 2. The van der Waals surface area contributed by atoms with E-state index in [1.807, 2.05) is 0 Å². The lowest BCUT2D eigenvalue weighted by Gasteiger charge is -2.26. The van der Waals surface area contributed by atoms with Crippen LogP contribution in [-0.4, -0.2) is 68.3 Å². The molecule has 1 aromatic rings. The Balaban J connectivity index is 1.77. The molecule has 1 amide bonds. The summed E-state index contributed by atoms with van der Waals surface area (Å²) < 4.78 is 10.1. The van der Waals surface area contributed by atoms with Gasteiger partial charge in [0, 0.05) is 25.3 Å². The van der Waals surface area contributed by atoms with Crippen molar-refractivity contribution in [3.05, 3.63) is 22.5 Å².